The number of carbonyl (C=O) groups excluding carboxylic acids is 1. The molecule has 0 aromatic heterocycles. The van der Waals surface area contributed by atoms with E-state index in [-0.39, 0.29) is 11.9 Å². The summed E-state index contributed by atoms with van der Waals surface area (Å²) in [5, 5.41) is 0. The molecule has 0 saturated carbocycles. The Labute approximate surface area is 120 Å². The molecule has 5 nitrogen and oxygen atoms in total. The minimum atomic E-state index is 0.0124. The van der Waals surface area contributed by atoms with E-state index in [4.69, 9.17) is 10.5 Å². The highest BCUT2D eigenvalue weighted by atomic mass is 16.5. The summed E-state index contributed by atoms with van der Waals surface area (Å²) in [6.07, 6.45) is 0.870. The van der Waals surface area contributed by atoms with Crippen LogP contribution in [0.4, 0.5) is 0 Å². The minimum Gasteiger partial charge on any atom is -0.491 e. The molecule has 0 bridgehead atoms. The molecule has 2 rings (SSSR count). The maximum absolute atomic E-state index is 12.5. The van der Waals surface area contributed by atoms with Crippen molar-refractivity contribution in [2.75, 3.05) is 40.3 Å². The highest BCUT2D eigenvalue weighted by Gasteiger charge is 2.26. The molecule has 0 aliphatic carbocycles. The van der Waals surface area contributed by atoms with Crippen LogP contribution >= 0.6 is 0 Å². The van der Waals surface area contributed by atoms with Gasteiger partial charge in [0.25, 0.3) is 5.91 Å². The topological polar surface area (TPSA) is 58.8 Å². The van der Waals surface area contributed by atoms with Gasteiger partial charge in [0.1, 0.15) is 12.4 Å². The van der Waals surface area contributed by atoms with E-state index in [0.717, 1.165) is 19.5 Å². The van der Waals surface area contributed by atoms with E-state index < -0.39 is 0 Å². The van der Waals surface area contributed by atoms with E-state index in [0.29, 0.717) is 24.5 Å². The standard InChI is InChI=1S/C15H23N3O2/c1-17(2)9-10-20-14-6-4-3-5-13(14)15(19)18-8-7-12(16)11-18/h3-6,12H,7-11,16H2,1-2H3/t12-/m1/s1. The molecule has 2 N–H and O–H groups in total. The number of hydrogen-bond acceptors (Lipinski definition) is 4. The molecule has 1 aliphatic heterocycles. The third kappa shape index (κ3) is 3.71. The minimum absolute atomic E-state index is 0.0124. The van der Waals surface area contributed by atoms with E-state index in [9.17, 15) is 4.79 Å². The summed E-state index contributed by atoms with van der Waals surface area (Å²) in [5.41, 5.74) is 6.49. The molecule has 110 valence electrons. The number of carbonyl (C=O) groups is 1. The number of benzene rings is 1. The van der Waals surface area contributed by atoms with Gasteiger partial charge in [0.15, 0.2) is 0 Å². The number of likely N-dealkylation sites (tertiary alicyclic amines) is 1. The first-order valence-electron chi connectivity index (χ1n) is 6.99. The molecule has 1 atom stereocenters. The Balaban J connectivity index is 2.05. The van der Waals surface area contributed by atoms with Gasteiger partial charge < -0.3 is 20.3 Å². The van der Waals surface area contributed by atoms with Crippen LogP contribution in [0.15, 0.2) is 24.3 Å². The van der Waals surface area contributed by atoms with Gasteiger partial charge >= 0.3 is 0 Å². The molecule has 0 unspecified atom stereocenters. The molecule has 1 heterocycles. The van der Waals surface area contributed by atoms with Gasteiger partial charge in [-0.1, -0.05) is 12.1 Å². The summed E-state index contributed by atoms with van der Waals surface area (Å²) in [6, 6.07) is 7.51. The number of rotatable bonds is 5. The Morgan fingerprint density at radius 2 is 2.20 bits per heavy atom. The van der Waals surface area contributed by atoms with E-state index >= 15 is 0 Å². The SMILES string of the molecule is CN(C)CCOc1ccccc1C(=O)N1CC[C@@H](N)C1. The number of hydrogen-bond donors (Lipinski definition) is 1. The maximum Gasteiger partial charge on any atom is 0.257 e. The zero-order valence-corrected chi connectivity index (χ0v) is 12.2. The molecular formula is C15H23N3O2. The van der Waals surface area contributed by atoms with Crippen LogP contribution in [0.2, 0.25) is 0 Å². The van der Waals surface area contributed by atoms with Crippen molar-refractivity contribution in [2.24, 2.45) is 5.73 Å². The molecule has 1 amide bonds. The van der Waals surface area contributed by atoms with Crippen LogP contribution in [-0.4, -0.2) is 62.1 Å². The smallest absolute Gasteiger partial charge is 0.257 e. The Bertz CT molecular complexity index is 462. The first-order chi connectivity index (χ1) is 9.58. The van der Waals surface area contributed by atoms with Gasteiger partial charge in [-0.25, -0.2) is 0 Å². The number of amides is 1. The van der Waals surface area contributed by atoms with Crippen LogP contribution in [0.25, 0.3) is 0 Å². The second kappa shape index (κ2) is 6.72. The van der Waals surface area contributed by atoms with Crippen molar-refractivity contribution in [3.63, 3.8) is 0 Å². The van der Waals surface area contributed by atoms with Crippen molar-refractivity contribution < 1.29 is 9.53 Å². The lowest BCUT2D eigenvalue weighted by atomic mass is 10.2. The predicted molar refractivity (Wildman–Crippen MR) is 79.0 cm³/mol. The van der Waals surface area contributed by atoms with Crippen LogP contribution in [0.5, 0.6) is 5.75 Å². The molecule has 5 heteroatoms. The number of para-hydroxylation sites is 1. The summed E-state index contributed by atoms with van der Waals surface area (Å²) in [5.74, 6) is 0.665. The lowest BCUT2D eigenvalue weighted by Crippen LogP contribution is -2.32. The van der Waals surface area contributed by atoms with E-state index in [1.54, 1.807) is 4.90 Å². The maximum atomic E-state index is 12.5. The molecule has 1 saturated heterocycles. The third-order valence-electron chi connectivity index (χ3n) is 3.43. The fourth-order valence-corrected chi connectivity index (χ4v) is 2.25. The van der Waals surface area contributed by atoms with Gasteiger partial charge in [0, 0.05) is 25.7 Å². The highest BCUT2D eigenvalue weighted by molar-refractivity contribution is 5.97. The van der Waals surface area contributed by atoms with E-state index in [2.05, 4.69) is 0 Å². The van der Waals surface area contributed by atoms with Crippen molar-refractivity contribution in [3.05, 3.63) is 29.8 Å². The largest absolute Gasteiger partial charge is 0.491 e. The average Bonchev–Trinajstić information content (AvgIpc) is 2.85. The Hall–Kier alpha value is -1.59. The monoisotopic (exact) mass is 277 g/mol. The Kier molecular flexibility index (Phi) is 4.98. The highest BCUT2D eigenvalue weighted by Crippen LogP contribution is 2.21. The van der Waals surface area contributed by atoms with Crippen molar-refractivity contribution in [1.82, 2.24) is 9.80 Å². The van der Waals surface area contributed by atoms with Crippen molar-refractivity contribution in [2.45, 2.75) is 12.5 Å². The second-order valence-electron chi connectivity index (χ2n) is 5.45. The van der Waals surface area contributed by atoms with Crippen molar-refractivity contribution in [3.8, 4) is 5.75 Å². The van der Waals surface area contributed by atoms with Crippen LogP contribution in [-0.2, 0) is 0 Å². The summed E-state index contributed by atoms with van der Waals surface area (Å²) in [6.45, 7) is 2.74. The van der Waals surface area contributed by atoms with Crippen LogP contribution in [0, 0.1) is 0 Å². The van der Waals surface area contributed by atoms with Crippen LogP contribution < -0.4 is 10.5 Å². The zero-order valence-electron chi connectivity index (χ0n) is 12.2. The summed E-state index contributed by atoms with van der Waals surface area (Å²) < 4.78 is 5.74. The molecule has 20 heavy (non-hydrogen) atoms. The first-order valence-corrected chi connectivity index (χ1v) is 6.99. The molecule has 1 aliphatic rings. The van der Waals surface area contributed by atoms with E-state index in [1.807, 2.05) is 43.3 Å². The predicted octanol–water partition coefficient (Wildman–Crippen LogP) is 0.800. The molecule has 0 spiro atoms. The summed E-state index contributed by atoms with van der Waals surface area (Å²) >= 11 is 0. The van der Waals surface area contributed by atoms with Crippen LogP contribution in [0.1, 0.15) is 16.8 Å². The van der Waals surface area contributed by atoms with Crippen molar-refractivity contribution >= 4 is 5.91 Å². The molecule has 1 aromatic rings. The first kappa shape index (κ1) is 14.8. The summed E-state index contributed by atoms with van der Waals surface area (Å²) in [4.78, 5) is 16.3. The van der Waals surface area contributed by atoms with Gasteiger partial charge in [0.05, 0.1) is 5.56 Å². The van der Waals surface area contributed by atoms with Gasteiger partial charge in [-0.2, -0.15) is 0 Å². The zero-order chi connectivity index (χ0) is 14.5. The van der Waals surface area contributed by atoms with Gasteiger partial charge in [-0.05, 0) is 32.6 Å². The second-order valence-corrected chi connectivity index (χ2v) is 5.45. The quantitative estimate of drug-likeness (QED) is 0.865. The molecule has 1 fully saturated rings. The van der Waals surface area contributed by atoms with Crippen LogP contribution in [0.3, 0.4) is 0 Å². The molecule has 1 aromatic carbocycles. The molecular weight excluding hydrogens is 254 g/mol. The fourth-order valence-electron chi connectivity index (χ4n) is 2.25. The lowest BCUT2D eigenvalue weighted by molar-refractivity contribution is 0.0786. The summed E-state index contributed by atoms with van der Waals surface area (Å²) in [7, 11) is 3.98. The van der Waals surface area contributed by atoms with Gasteiger partial charge in [0.2, 0.25) is 0 Å². The lowest BCUT2D eigenvalue weighted by Gasteiger charge is -2.18. The number of nitrogens with two attached hydrogens (primary N) is 1. The molecule has 0 radical (unpaired) electrons. The number of ether oxygens (including phenoxy) is 1. The Morgan fingerprint density at radius 3 is 2.85 bits per heavy atom. The average molecular weight is 277 g/mol. The number of nitrogens with zero attached hydrogens (tertiary/aromatic N) is 2. The Morgan fingerprint density at radius 1 is 1.45 bits per heavy atom. The van der Waals surface area contributed by atoms with Gasteiger partial charge in [-0.15, -0.1) is 0 Å². The normalized spacial score (nSPS) is 18.6. The van der Waals surface area contributed by atoms with Crippen molar-refractivity contribution in [1.29, 1.82) is 0 Å². The van der Waals surface area contributed by atoms with Gasteiger partial charge in [-0.3, -0.25) is 4.79 Å². The third-order valence-corrected chi connectivity index (χ3v) is 3.43. The fraction of sp³-hybridized carbons (Fsp3) is 0.533. The van der Waals surface area contributed by atoms with E-state index in [1.165, 1.54) is 0 Å². The number of likely N-dealkylation sites (N-methyl/N-ethyl adjacent to an activating group) is 1.